The van der Waals surface area contributed by atoms with Crippen LogP contribution in [0, 0.1) is 0 Å². The lowest BCUT2D eigenvalue weighted by Crippen LogP contribution is -2.36. The highest BCUT2D eigenvalue weighted by Crippen LogP contribution is 2.36. The first-order valence-corrected chi connectivity index (χ1v) is 11.9. The highest BCUT2D eigenvalue weighted by molar-refractivity contribution is 7.19. The Morgan fingerprint density at radius 2 is 2.15 bits per heavy atom. The van der Waals surface area contributed by atoms with Crippen molar-refractivity contribution in [3.63, 3.8) is 0 Å². The Kier molecular flexibility index (Phi) is 6.21. The van der Waals surface area contributed by atoms with Gasteiger partial charge in [0.1, 0.15) is 0 Å². The number of morpholine rings is 1. The van der Waals surface area contributed by atoms with Gasteiger partial charge in [0.15, 0.2) is 11.6 Å². The van der Waals surface area contributed by atoms with Gasteiger partial charge in [0.05, 0.1) is 35.1 Å². The van der Waals surface area contributed by atoms with Gasteiger partial charge in [-0.2, -0.15) is 5.10 Å². The second kappa shape index (κ2) is 9.42. The number of hydrogen-bond acceptors (Lipinski definition) is 8. The molecule has 33 heavy (non-hydrogen) atoms. The molecule has 9 nitrogen and oxygen atoms in total. The van der Waals surface area contributed by atoms with Gasteiger partial charge in [-0.25, -0.2) is 9.97 Å². The first kappa shape index (κ1) is 21.7. The number of fused-ring (bicyclic) bond motifs is 2. The minimum atomic E-state index is -0.754. The molecule has 0 atom stereocenters. The van der Waals surface area contributed by atoms with E-state index in [-0.39, 0.29) is 6.42 Å². The molecule has 4 heterocycles. The number of nitrogens with one attached hydrogen (secondary N) is 1. The molecule has 0 spiro atoms. The number of carboxylic acid groups (broad SMARTS) is 1. The summed E-state index contributed by atoms with van der Waals surface area (Å²) in [5.74, 6) is 0.884. The average Bonchev–Trinajstić information content (AvgIpc) is 3.45. The predicted octanol–water partition coefficient (Wildman–Crippen LogP) is 3.37. The number of carbonyl (C=O) groups is 1. The second-order valence-electron chi connectivity index (χ2n) is 8.27. The molecule has 4 aromatic rings. The quantitative estimate of drug-likeness (QED) is 0.407. The number of nitrogens with zero attached hydrogens (tertiary/aromatic N) is 5. The molecule has 0 aliphatic carbocycles. The fourth-order valence-electron chi connectivity index (χ4n) is 4.16. The monoisotopic (exact) mass is 466 g/mol. The van der Waals surface area contributed by atoms with Gasteiger partial charge in [-0.15, -0.1) is 11.3 Å². The zero-order chi connectivity index (χ0) is 22.8. The second-order valence-corrected chi connectivity index (χ2v) is 9.41. The van der Waals surface area contributed by atoms with E-state index in [9.17, 15) is 4.79 Å². The molecule has 3 aromatic heterocycles. The van der Waals surface area contributed by atoms with Crippen molar-refractivity contribution >= 4 is 44.2 Å². The summed E-state index contributed by atoms with van der Waals surface area (Å²) in [6.07, 6.45) is 2.64. The summed E-state index contributed by atoms with van der Waals surface area (Å²) >= 11 is 1.71. The van der Waals surface area contributed by atoms with Crippen LogP contribution in [0.25, 0.3) is 32.5 Å². The van der Waals surface area contributed by atoms with Crippen molar-refractivity contribution in [3.05, 3.63) is 35.3 Å². The summed E-state index contributed by atoms with van der Waals surface area (Å²) < 4.78 is 6.64. The fourth-order valence-corrected chi connectivity index (χ4v) is 5.35. The zero-order valence-electron chi connectivity index (χ0n) is 18.5. The maximum Gasteiger partial charge on any atom is 0.303 e. The van der Waals surface area contributed by atoms with Crippen LogP contribution in [0.3, 0.4) is 0 Å². The summed E-state index contributed by atoms with van der Waals surface area (Å²) in [7, 11) is 2.02. The first-order chi connectivity index (χ1) is 16.1. The number of aromatic amines is 1. The minimum absolute atomic E-state index is 0.187. The molecule has 172 valence electrons. The fraction of sp³-hybridized carbons (Fsp3) is 0.391. The Labute approximate surface area is 195 Å². The van der Waals surface area contributed by atoms with Crippen molar-refractivity contribution in [2.24, 2.45) is 0 Å². The van der Waals surface area contributed by atoms with Crippen LogP contribution in [-0.2, 0) is 16.1 Å². The van der Waals surface area contributed by atoms with Gasteiger partial charge in [0.25, 0.3) is 0 Å². The summed E-state index contributed by atoms with van der Waals surface area (Å²) in [5, 5.41) is 17.1. The maximum absolute atomic E-state index is 10.8. The molecule has 0 radical (unpaired) electrons. The van der Waals surface area contributed by atoms with Crippen molar-refractivity contribution in [3.8, 4) is 11.4 Å². The van der Waals surface area contributed by atoms with Gasteiger partial charge in [-0.3, -0.25) is 9.89 Å². The molecule has 1 aliphatic rings. The van der Waals surface area contributed by atoms with Crippen LogP contribution in [0.1, 0.15) is 17.7 Å². The highest BCUT2D eigenvalue weighted by atomic mass is 32.1. The molecular formula is C23H26N6O3S. The third-order valence-electron chi connectivity index (χ3n) is 5.80. The zero-order valence-corrected chi connectivity index (χ0v) is 19.3. The SMILES string of the molecule is CN(CCCC(=O)O)Cc1cc2nc(-c3cccc4[nH]ncc34)nc(N3CCOCC3)c2s1. The predicted molar refractivity (Wildman–Crippen MR) is 129 cm³/mol. The van der Waals surface area contributed by atoms with Crippen LogP contribution < -0.4 is 4.90 Å². The Hall–Kier alpha value is -3.08. The smallest absolute Gasteiger partial charge is 0.303 e. The Morgan fingerprint density at radius 1 is 1.30 bits per heavy atom. The van der Waals surface area contributed by atoms with Crippen LogP contribution in [-0.4, -0.2) is 76.0 Å². The average molecular weight is 467 g/mol. The molecule has 1 aliphatic heterocycles. The van der Waals surface area contributed by atoms with Crippen molar-refractivity contribution in [1.29, 1.82) is 0 Å². The molecule has 0 amide bonds. The van der Waals surface area contributed by atoms with Crippen LogP contribution in [0.2, 0.25) is 0 Å². The van der Waals surface area contributed by atoms with Crippen molar-refractivity contribution in [2.75, 3.05) is 44.8 Å². The number of hydrogen-bond donors (Lipinski definition) is 2. The van der Waals surface area contributed by atoms with E-state index in [1.807, 2.05) is 31.4 Å². The third kappa shape index (κ3) is 4.68. The number of ether oxygens (including phenoxy) is 1. The summed E-state index contributed by atoms with van der Waals surface area (Å²) in [4.78, 5) is 26.4. The lowest BCUT2D eigenvalue weighted by Gasteiger charge is -2.28. The Morgan fingerprint density at radius 3 is 2.97 bits per heavy atom. The van der Waals surface area contributed by atoms with E-state index < -0.39 is 5.97 Å². The van der Waals surface area contributed by atoms with Crippen LogP contribution >= 0.6 is 11.3 Å². The molecule has 10 heteroatoms. The Bertz CT molecular complexity index is 1280. The molecule has 0 unspecified atom stereocenters. The Balaban J connectivity index is 1.52. The minimum Gasteiger partial charge on any atom is -0.481 e. The van der Waals surface area contributed by atoms with Crippen LogP contribution in [0.15, 0.2) is 30.5 Å². The molecule has 1 fully saturated rings. The van der Waals surface area contributed by atoms with Crippen molar-refractivity contribution in [1.82, 2.24) is 25.1 Å². The summed E-state index contributed by atoms with van der Waals surface area (Å²) in [6, 6.07) is 8.16. The van der Waals surface area contributed by atoms with Gasteiger partial charge in [-0.1, -0.05) is 12.1 Å². The normalized spacial score (nSPS) is 14.5. The molecule has 0 bridgehead atoms. The van der Waals surface area contributed by atoms with E-state index >= 15 is 0 Å². The number of aromatic nitrogens is 4. The summed E-state index contributed by atoms with van der Waals surface area (Å²) in [6.45, 7) is 4.44. The van der Waals surface area contributed by atoms with E-state index in [1.54, 1.807) is 11.3 Å². The number of benzene rings is 1. The largest absolute Gasteiger partial charge is 0.481 e. The number of rotatable bonds is 8. The van der Waals surface area contributed by atoms with E-state index in [0.29, 0.717) is 25.5 Å². The summed E-state index contributed by atoms with van der Waals surface area (Å²) in [5.41, 5.74) is 2.84. The topological polar surface area (TPSA) is 107 Å². The molecule has 1 saturated heterocycles. The van der Waals surface area contributed by atoms with Crippen LogP contribution in [0.4, 0.5) is 5.82 Å². The lowest BCUT2D eigenvalue weighted by molar-refractivity contribution is -0.137. The first-order valence-electron chi connectivity index (χ1n) is 11.0. The van der Waals surface area contributed by atoms with Gasteiger partial charge in [0, 0.05) is 41.9 Å². The van der Waals surface area contributed by atoms with Gasteiger partial charge in [-0.05, 0) is 32.1 Å². The number of H-pyrrole nitrogens is 1. The van der Waals surface area contributed by atoms with E-state index in [2.05, 4.69) is 26.1 Å². The van der Waals surface area contributed by atoms with Gasteiger partial charge in [0.2, 0.25) is 0 Å². The molecular weight excluding hydrogens is 440 g/mol. The van der Waals surface area contributed by atoms with Crippen molar-refractivity contribution in [2.45, 2.75) is 19.4 Å². The van der Waals surface area contributed by atoms with E-state index in [0.717, 1.165) is 58.7 Å². The van der Waals surface area contributed by atoms with Crippen LogP contribution in [0.5, 0.6) is 0 Å². The molecule has 1 aromatic carbocycles. The molecule has 2 N–H and O–H groups in total. The number of thiophene rings is 1. The standard InChI is InChI=1S/C23H26N6O3S/c1-28(7-3-6-20(30)31)14-15-12-19-21(33-15)23(29-8-10-32-11-9-29)26-22(25-19)16-4-2-5-18-17(16)13-24-27-18/h2,4-5,12-13H,3,6-11,14H2,1H3,(H,24,27)(H,30,31). The molecule has 0 saturated carbocycles. The number of anilines is 1. The maximum atomic E-state index is 10.8. The van der Waals surface area contributed by atoms with E-state index in [4.69, 9.17) is 19.8 Å². The molecule has 5 rings (SSSR count). The third-order valence-corrected chi connectivity index (χ3v) is 6.90. The highest BCUT2D eigenvalue weighted by Gasteiger charge is 2.21. The van der Waals surface area contributed by atoms with Gasteiger partial charge >= 0.3 is 5.97 Å². The lowest BCUT2D eigenvalue weighted by atomic mass is 10.1. The van der Waals surface area contributed by atoms with Crippen molar-refractivity contribution < 1.29 is 14.6 Å². The van der Waals surface area contributed by atoms with Gasteiger partial charge < -0.3 is 19.6 Å². The van der Waals surface area contributed by atoms with E-state index in [1.165, 1.54) is 4.88 Å². The number of aliphatic carboxylic acids is 1. The number of carboxylic acids is 1.